The number of hydrogen-bond donors (Lipinski definition) is 1. The summed E-state index contributed by atoms with van der Waals surface area (Å²) in [4.78, 5) is 12.4. The molecule has 1 amide bonds. The number of carbonyl (C=O) groups is 1. The second kappa shape index (κ2) is 8.41. The van der Waals surface area contributed by atoms with Gasteiger partial charge in [0.1, 0.15) is 6.54 Å². The molecule has 0 saturated carbocycles. The van der Waals surface area contributed by atoms with Gasteiger partial charge in [-0.25, -0.2) is 8.42 Å². The van der Waals surface area contributed by atoms with Crippen LogP contribution in [0.1, 0.15) is 0 Å². The van der Waals surface area contributed by atoms with Crippen molar-refractivity contribution in [2.45, 2.75) is 0 Å². The molecular formula is C17H19BrN2O5S. The van der Waals surface area contributed by atoms with Gasteiger partial charge in [-0.2, -0.15) is 0 Å². The van der Waals surface area contributed by atoms with Gasteiger partial charge in [0.2, 0.25) is 15.9 Å². The van der Waals surface area contributed by atoms with Crippen molar-refractivity contribution < 1.29 is 22.7 Å². The fraction of sp³-hybridized carbons (Fsp3) is 0.235. The molecule has 26 heavy (non-hydrogen) atoms. The normalized spacial score (nSPS) is 10.9. The topological polar surface area (TPSA) is 84.9 Å². The molecule has 140 valence electrons. The fourth-order valence-corrected chi connectivity index (χ4v) is 3.37. The molecule has 2 aromatic rings. The molecule has 7 nitrogen and oxygen atoms in total. The predicted octanol–water partition coefficient (Wildman–Crippen LogP) is 2.87. The Morgan fingerprint density at radius 1 is 1.08 bits per heavy atom. The van der Waals surface area contributed by atoms with Gasteiger partial charge >= 0.3 is 0 Å². The van der Waals surface area contributed by atoms with Gasteiger partial charge in [-0.3, -0.25) is 9.10 Å². The number of amides is 1. The van der Waals surface area contributed by atoms with Crippen LogP contribution in [0.3, 0.4) is 0 Å². The van der Waals surface area contributed by atoms with Crippen LogP contribution in [0.4, 0.5) is 11.4 Å². The number of anilines is 2. The molecule has 0 aliphatic rings. The minimum Gasteiger partial charge on any atom is -0.493 e. The van der Waals surface area contributed by atoms with E-state index in [9.17, 15) is 13.2 Å². The Hall–Kier alpha value is -2.26. The number of halogens is 1. The number of nitrogens with zero attached hydrogens (tertiary/aromatic N) is 1. The predicted molar refractivity (Wildman–Crippen MR) is 105 cm³/mol. The second-order valence-electron chi connectivity index (χ2n) is 5.36. The van der Waals surface area contributed by atoms with E-state index in [0.717, 1.165) is 15.0 Å². The number of carbonyl (C=O) groups excluding carboxylic acids is 1. The van der Waals surface area contributed by atoms with Crippen LogP contribution < -0.4 is 19.1 Å². The molecule has 0 aromatic heterocycles. The summed E-state index contributed by atoms with van der Waals surface area (Å²) in [5.74, 6) is 0.502. The average Bonchev–Trinajstić information content (AvgIpc) is 2.59. The summed E-state index contributed by atoms with van der Waals surface area (Å²) in [6, 6.07) is 11.5. The number of sulfonamides is 1. The van der Waals surface area contributed by atoms with Crippen molar-refractivity contribution in [3.63, 3.8) is 0 Å². The maximum atomic E-state index is 12.4. The van der Waals surface area contributed by atoms with Crippen LogP contribution in [0, 0.1) is 0 Å². The van der Waals surface area contributed by atoms with Crippen LogP contribution in [0.15, 0.2) is 46.9 Å². The largest absolute Gasteiger partial charge is 0.493 e. The molecule has 2 aromatic carbocycles. The van der Waals surface area contributed by atoms with Crippen molar-refractivity contribution >= 4 is 43.2 Å². The Labute approximate surface area is 161 Å². The average molecular weight is 443 g/mol. The zero-order chi connectivity index (χ0) is 19.3. The van der Waals surface area contributed by atoms with Gasteiger partial charge in [0.05, 0.1) is 26.2 Å². The van der Waals surface area contributed by atoms with E-state index in [1.807, 2.05) is 0 Å². The Bertz CT molecular complexity index is 885. The van der Waals surface area contributed by atoms with Crippen LogP contribution in [0.5, 0.6) is 11.5 Å². The monoisotopic (exact) mass is 442 g/mol. The Morgan fingerprint density at radius 3 is 2.23 bits per heavy atom. The van der Waals surface area contributed by atoms with Crippen LogP contribution >= 0.6 is 15.9 Å². The van der Waals surface area contributed by atoms with Crippen LogP contribution in [-0.4, -0.2) is 41.3 Å². The number of methoxy groups -OCH3 is 2. The lowest BCUT2D eigenvalue weighted by atomic mass is 10.2. The standard InChI is InChI=1S/C17H19BrN2O5S/c1-24-15-9-6-13(10-16(15)25-2)19-17(21)11-20(26(3,22)23)14-7-4-12(18)5-8-14/h4-10H,11H2,1-3H3,(H,19,21). The zero-order valence-electron chi connectivity index (χ0n) is 14.5. The van der Waals surface area contributed by atoms with Crippen LogP contribution in [0.2, 0.25) is 0 Å². The first kappa shape index (κ1) is 20.1. The minimum atomic E-state index is -3.63. The lowest BCUT2D eigenvalue weighted by molar-refractivity contribution is -0.114. The van der Waals surface area contributed by atoms with Crippen molar-refractivity contribution in [2.24, 2.45) is 0 Å². The van der Waals surface area contributed by atoms with Gasteiger partial charge in [-0.15, -0.1) is 0 Å². The van der Waals surface area contributed by atoms with E-state index in [2.05, 4.69) is 21.2 Å². The van der Waals surface area contributed by atoms with E-state index in [0.29, 0.717) is 22.9 Å². The first-order chi connectivity index (χ1) is 12.2. The molecule has 2 rings (SSSR count). The van der Waals surface area contributed by atoms with Crippen molar-refractivity contribution in [2.75, 3.05) is 36.6 Å². The van der Waals surface area contributed by atoms with E-state index in [1.165, 1.54) is 14.2 Å². The molecule has 0 radical (unpaired) electrons. The molecule has 0 atom stereocenters. The Kier molecular flexibility index (Phi) is 6.49. The third kappa shape index (κ3) is 5.12. The second-order valence-corrected chi connectivity index (χ2v) is 8.19. The first-order valence-corrected chi connectivity index (χ1v) is 10.1. The summed E-state index contributed by atoms with van der Waals surface area (Å²) in [5, 5.41) is 2.66. The number of rotatable bonds is 7. The number of benzene rings is 2. The van der Waals surface area contributed by atoms with Crippen molar-refractivity contribution in [1.29, 1.82) is 0 Å². The summed E-state index contributed by atoms with van der Waals surface area (Å²) < 4.78 is 36.4. The SMILES string of the molecule is COc1ccc(NC(=O)CN(c2ccc(Br)cc2)S(C)(=O)=O)cc1OC. The first-order valence-electron chi connectivity index (χ1n) is 7.49. The number of hydrogen-bond acceptors (Lipinski definition) is 5. The van der Waals surface area contributed by atoms with E-state index in [1.54, 1.807) is 42.5 Å². The molecular weight excluding hydrogens is 424 g/mol. The maximum Gasteiger partial charge on any atom is 0.245 e. The molecule has 1 N–H and O–H groups in total. The third-order valence-electron chi connectivity index (χ3n) is 3.47. The van der Waals surface area contributed by atoms with Crippen molar-refractivity contribution in [1.82, 2.24) is 0 Å². The quantitative estimate of drug-likeness (QED) is 0.712. The smallest absolute Gasteiger partial charge is 0.245 e. The summed E-state index contributed by atoms with van der Waals surface area (Å²) in [5.41, 5.74) is 0.870. The Balaban J connectivity index is 2.19. The van der Waals surface area contributed by atoms with E-state index < -0.39 is 15.9 Å². The summed E-state index contributed by atoms with van der Waals surface area (Å²) in [6.07, 6.45) is 1.05. The highest BCUT2D eigenvalue weighted by atomic mass is 79.9. The van der Waals surface area contributed by atoms with Gasteiger partial charge in [-0.1, -0.05) is 15.9 Å². The summed E-state index contributed by atoms with van der Waals surface area (Å²) >= 11 is 3.30. The molecule has 0 bridgehead atoms. The fourth-order valence-electron chi connectivity index (χ4n) is 2.25. The summed E-state index contributed by atoms with van der Waals surface area (Å²) in [6.45, 7) is -0.352. The van der Waals surface area contributed by atoms with E-state index in [-0.39, 0.29) is 6.54 Å². The minimum absolute atomic E-state index is 0.352. The molecule has 0 unspecified atom stereocenters. The highest BCUT2D eigenvalue weighted by Crippen LogP contribution is 2.29. The molecule has 0 spiro atoms. The van der Waals surface area contributed by atoms with Gasteiger partial charge in [0, 0.05) is 16.2 Å². The lowest BCUT2D eigenvalue weighted by Gasteiger charge is -2.22. The van der Waals surface area contributed by atoms with Crippen LogP contribution in [-0.2, 0) is 14.8 Å². The molecule has 0 fully saturated rings. The molecule has 0 saturated heterocycles. The molecule has 0 aliphatic heterocycles. The highest BCUT2D eigenvalue weighted by Gasteiger charge is 2.21. The van der Waals surface area contributed by atoms with Crippen LogP contribution in [0.25, 0.3) is 0 Å². The lowest BCUT2D eigenvalue weighted by Crippen LogP contribution is -2.37. The molecule has 9 heteroatoms. The van der Waals surface area contributed by atoms with E-state index in [4.69, 9.17) is 9.47 Å². The van der Waals surface area contributed by atoms with Gasteiger partial charge in [0.15, 0.2) is 11.5 Å². The van der Waals surface area contributed by atoms with Crippen molar-refractivity contribution in [3.05, 3.63) is 46.9 Å². The van der Waals surface area contributed by atoms with Gasteiger partial charge in [0.25, 0.3) is 0 Å². The zero-order valence-corrected chi connectivity index (χ0v) is 16.9. The van der Waals surface area contributed by atoms with E-state index >= 15 is 0 Å². The summed E-state index contributed by atoms with van der Waals surface area (Å²) in [7, 11) is -0.628. The van der Waals surface area contributed by atoms with Crippen molar-refractivity contribution in [3.8, 4) is 11.5 Å². The molecule has 0 aliphatic carbocycles. The highest BCUT2D eigenvalue weighted by molar-refractivity contribution is 9.10. The third-order valence-corrected chi connectivity index (χ3v) is 5.14. The number of nitrogens with one attached hydrogen (secondary N) is 1. The van der Waals surface area contributed by atoms with Gasteiger partial charge in [-0.05, 0) is 36.4 Å². The number of ether oxygens (including phenoxy) is 2. The maximum absolute atomic E-state index is 12.4. The van der Waals surface area contributed by atoms with Gasteiger partial charge < -0.3 is 14.8 Å². The molecule has 0 heterocycles. The Morgan fingerprint density at radius 2 is 1.69 bits per heavy atom.